The summed E-state index contributed by atoms with van der Waals surface area (Å²) in [6.45, 7) is 1.63. The highest BCUT2D eigenvalue weighted by atomic mass is 19.4. The number of ketones is 1. The zero-order valence-electron chi connectivity index (χ0n) is 11.7. The molecule has 0 spiro atoms. The van der Waals surface area contributed by atoms with Crippen molar-refractivity contribution in [2.45, 2.75) is 25.9 Å². The maximum Gasteiger partial charge on any atom is 0.433 e. The Morgan fingerprint density at radius 1 is 1.18 bits per heavy atom. The van der Waals surface area contributed by atoms with Crippen LogP contribution in [0.15, 0.2) is 36.5 Å². The lowest BCUT2D eigenvalue weighted by atomic mass is 9.99. The van der Waals surface area contributed by atoms with Gasteiger partial charge in [0, 0.05) is 18.2 Å². The molecule has 116 valence electrons. The van der Waals surface area contributed by atoms with Crippen molar-refractivity contribution in [3.05, 3.63) is 64.7 Å². The average Bonchev–Trinajstić information content (AvgIpc) is 2.44. The van der Waals surface area contributed by atoms with E-state index in [1.807, 2.05) is 0 Å². The van der Waals surface area contributed by atoms with Crippen molar-refractivity contribution in [3.63, 3.8) is 0 Å². The fourth-order valence-electron chi connectivity index (χ4n) is 2.07. The lowest BCUT2D eigenvalue weighted by Gasteiger charge is -2.07. The molecule has 0 bridgehead atoms. The number of alkyl halides is 3. The fourth-order valence-corrected chi connectivity index (χ4v) is 2.07. The van der Waals surface area contributed by atoms with E-state index in [1.54, 1.807) is 6.92 Å². The van der Waals surface area contributed by atoms with Crippen LogP contribution in [0.1, 0.15) is 33.6 Å². The molecule has 6 heteroatoms. The summed E-state index contributed by atoms with van der Waals surface area (Å²) in [6, 6.07) is 6.09. The van der Waals surface area contributed by atoms with E-state index in [9.17, 15) is 22.4 Å². The maximum absolute atomic E-state index is 13.0. The number of aryl methyl sites for hydroxylation is 2. The second kappa shape index (κ2) is 6.25. The van der Waals surface area contributed by atoms with Crippen LogP contribution in [0.3, 0.4) is 0 Å². The van der Waals surface area contributed by atoms with Crippen molar-refractivity contribution in [2.75, 3.05) is 0 Å². The summed E-state index contributed by atoms with van der Waals surface area (Å²) in [7, 11) is 0. The quantitative estimate of drug-likeness (QED) is 0.620. The normalized spacial score (nSPS) is 11.5. The van der Waals surface area contributed by atoms with Crippen LogP contribution in [0.5, 0.6) is 0 Å². The monoisotopic (exact) mass is 311 g/mol. The first-order valence-corrected chi connectivity index (χ1v) is 6.59. The zero-order valence-corrected chi connectivity index (χ0v) is 11.7. The number of rotatable bonds is 4. The van der Waals surface area contributed by atoms with Gasteiger partial charge in [-0.15, -0.1) is 0 Å². The Balaban J connectivity index is 2.02. The van der Waals surface area contributed by atoms with Gasteiger partial charge >= 0.3 is 6.18 Å². The lowest BCUT2D eigenvalue weighted by Crippen LogP contribution is -2.08. The standard InChI is InChI=1S/C16H13F4NO/c1-10-8-12(17)4-5-13(10)14(22)6-2-11-3-7-15(21-9-11)16(18,19)20/h3-5,7-9H,2,6H2,1H3. The Labute approximate surface area is 124 Å². The Hall–Kier alpha value is -2.24. The molecule has 0 radical (unpaired) electrons. The predicted octanol–water partition coefficient (Wildman–Crippen LogP) is 4.36. The summed E-state index contributed by atoms with van der Waals surface area (Å²) in [4.78, 5) is 15.4. The van der Waals surface area contributed by atoms with Crippen LogP contribution in [0.2, 0.25) is 0 Å². The second-order valence-electron chi connectivity index (χ2n) is 4.93. The largest absolute Gasteiger partial charge is 0.433 e. The van der Waals surface area contributed by atoms with E-state index in [2.05, 4.69) is 4.98 Å². The van der Waals surface area contributed by atoms with E-state index < -0.39 is 17.7 Å². The van der Waals surface area contributed by atoms with Crippen molar-refractivity contribution in [1.29, 1.82) is 0 Å². The van der Waals surface area contributed by atoms with Crippen LogP contribution in [-0.4, -0.2) is 10.8 Å². The minimum absolute atomic E-state index is 0.125. The summed E-state index contributed by atoms with van der Waals surface area (Å²) >= 11 is 0. The molecule has 0 unspecified atom stereocenters. The van der Waals surface area contributed by atoms with Gasteiger partial charge in [-0.3, -0.25) is 9.78 Å². The van der Waals surface area contributed by atoms with Gasteiger partial charge in [-0.05, 0) is 48.7 Å². The number of carbonyl (C=O) groups excluding carboxylic acids is 1. The third kappa shape index (κ3) is 3.90. The van der Waals surface area contributed by atoms with Gasteiger partial charge in [0.25, 0.3) is 0 Å². The highest BCUT2D eigenvalue weighted by Gasteiger charge is 2.31. The number of hydrogen-bond acceptors (Lipinski definition) is 2. The first-order chi connectivity index (χ1) is 10.3. The summed E-state index contributed by atoms with van der Waals surface area (Å²) < 4.78 is 50.1. The van der Waals surface area contributed by atoms with E-state index >= 15 is 0 Å². The Morgan fingerprint density at radius 2 is 1.91 bits per heavy atom. The number of hydrogen-bond donors (Lipinski definition) is 0. The molecule has 0 aliphatic rings. The van der Waals surface area contributed by atoms with Crippen molar-refractivity contribution >= 4 is 5.78 Å². The van der Waals surface area contributed by atoms with E-state index in [0.29, 0.717) is 16.7 Å². The minimum atomic E-state index is -4.47. The van der Waals surface area contributed by atoms with Crippen molar-refractivity contribution in [3.8, 4) is 0 Å². The molecular formula is C16H13F4NO. The van der Waals surface area contributed by atoms with Crippen molar-refractivity contribution in [2.24, 2.45) is 0 Å². The van der Waals surface area contributed by atoms with Gasteiger partial charge in [0.2, 0.25) is 0 Å². The van der Waals surface area contributed by atoms with Crippen LogP contribution < -0.4 is 0 Å². The molecule has 1 heterocycles. The van der Waals surface area contributed by atoms with Crippen molar-refractivity contribution < 1.29 is 22.4 Å². The number of halogens is 4. The van der Waals surface area contributed by atoms with Gasteiger partial charge in [0.15, 0.2) is 5.78 Å². The SMILES string of the molecule is Cc1cc(F)ccc1C(=O)CCc1ccc(C(F)(F)F)nc1. The highest BCUT2D eigenvalue weighted by Crippen LogP contribution is 2.27. The molecule has 1 aromatic heterocycles. The van der Waals surface area contributed by atoms with Gasteiger partial charge in [-0.25, -0.2) is 4.39 Å². The first-order valence-electron chi connectivity index (χ1n) is 6.59. The zero-order chi connectivity index (χ0) is 16.3. The van der Waals surface area contributed by atoms with Crippen LogP contribution in [-0.2, 0) is 12.6 Å². The summed E-state index contributed by atoms with van der Waals surface area (Å²) in [6.07, 6.45) is -2.95. The van der Waals surface area contributed by atoms with E-state index in [4.69, 9.17) is 0 Å². The molecule has 22 heavy (non-hydrogen) atoms. The van der Waals surface area contributed by atoms with Crippen LogP contribution in [0.25, 0.3) is 0 Å². The maximum atomic E-state index is 13.0. The van der Waals surface area contributed by atoms with E-state index in [-0.39, 0.29) is 18.6 Å². The molecule has 2 rings (SSSR count). The minimum Gasteiger partial charge on any atom is -0.294 e. The number of carbonyl (C=O) groups is 1. The average molecular weight is 311 g/mol. The molecule has 0 amide bonds. The van der Waals surface area contributed by atoms with E-state index in [1.165, 1.54) is 24.3 Å². The van der Waals surface area contributed by atoms with Crippen LogP contribution >= 0.6 is 0 Å². The number of nitrogens with zero attached hydrogens (tertiary/aromatic N) is 1. The summed E-state index contributed by atoms with van der Waals surface area (Å²) in [5, 5.41) is 0. The molecular weight excluding hydrogens is 298 g/mol. The Bertz CT molecular complexity index is 678. The highest BCUT2D eigenvalue weighted by molar-refractivity contribution is 5.97. The van der Waals surface area contributed by atoms with Gasteiger partial charge in [-0.2, -0.15) is 13.2 Å². The summed E-state index contributed by atoms with van der Waals surface area (Å²) in [5.41, 5.74) is 0.537. The predicted molar refractivity (Wildman–Crippen MR) is 73.0 cm³/mol. The Morgan fingerprint density at radius 3 is 2.45 bits per heavy atom. The summed E-state index contributed by atoms with van der Waals surface area (Å²) in [5.74, 6) is -0.599. The third-order valence-corrected chi connectivity index (χ3v) is 3.24. The number of aromatic nitrogens is 1. The molecule has 2 aromatic rings. The molecule has 0 atom stereocenters. The smallest absolute Gasteiger partial charge is 0.294 e. The third-order valence-electron chi connectivity index (χ3n) is 3.24. The van der Waals surface area contributed by atoms with Gasteiger partial charge in [0.05, 0.1) is 0 Å². The molecule has 0 aliphatic carbocycles. The van der Waals surface area contributed by atoms with Crippen molar-refractivity contribution in [1.82, 2.24) is 4.98 Å². The number of Topliss-reactive ketones (excluding diaryl/α,β-unsaturated/α-hetero) is 1. The van der Waals surface area contributed by atoms with Crippen LogP contribution in [0.4, 0.5) is 17.6 Å². The molecule has 0 fully saturated rings. The number of pyridine rings is 1. The molecule has 0 saturated heterocycles. The second-order valence-corrected chi connectivity index (χ2v) is 4.93. The molecule has 1 aromatic carbocycles. The van der Waals surface area contributed by atoms with E-state index in [0.717, 1.165) is 12.3 Å². The fraction of sp³-hybridized carbons (Fsp3) is 0.250. The van der Waals surface area contributed by atoms with Gasteiger partial charge < -0.3 is 0 Å². The van der Waals surface area contributed by atoms with Crippen LogP contribution in [0, 0.1) is 12.7 Å². The molecule has 2 nitrogen and oxygen atoms in total. The van der Waals surface area contributed by atoms with Gasteiger partial charge in [-0.1, -0.05) is 6.07 Å². The first kappa shape index (κ1) is 16.1. The number of benzene rings is 1. The van der Waals surface area contributed by atoms with Gasteiger partial charge in [0.1, 0.15) is 11.5 Å². The lowest BCUT2D eigenvalue weighted by molar-refractivity contribution is -0.141. The molecule has 0 aliphatic heterocycles. The Kier molecular flexibility index (Phi) is 4.59. The molecule has 0 N–H and O–H groups in total. The topological polar surface area (TPSA) is 30.0 Å². The molecule has 0 saturated carbocycles.